The van der Waals surface area contributed by atoms with Crippen LogP contribution in [0.15, 0.2) is 28.2 Å². The van der Waals surface area contributed by atoms with Crippen molar-refractivity contribution in [3.63, 3.8) is 0 Å². The van der Waals surface area contributed by atoms with Crippen LogP contribution in [0.5, 0.6) is 5.75 Å². The fraction of sp³-hybridized carbons (Fsp3) is 0.308. The van der Waals surface area contributed by atoms with Crippen LogP contribution in [-0.4, -0.2) is 19.2 Å². The number of ether oxygens (including phenoxy) is 2. The summed E-state index contributed by atoms with van der Waals surface area (Å²) in [7, 11) is 0. The largest absolute Gasteiger partial charge is 0.488 e. The maximum Gasteiger partial charge on any atom is 0.337 e. The van der Waals surface area contributed by atoms with E-state index in [-0.39, 0.29) is 12.6 Å². The summed E-state index contributed by atoms with van der Waals surface area (Å²) in [6.45, 7) is 2.68. The van der Waals surface area contributed by atoms with Crippen molar-refractivity contribution in [3.8, 4) is 5.75 Å². The van der Waals surface area contributed by atoms with Crippen molar-refractivity contribution in [1.29, 1.82) is 0 Å². The molecule has 1 aliphatic rings. The van der Waals surface area contributed by atoms with Crippen molar-refractivity contribution >= 4 is 28.0 Å². The number of hydrogen-bond donors (Lipinski definition) is 0. The van der Waals surface area contributed by atoms with Crippen molar-refractivity contribution in [3.05, 3.63) is 33.8 Å². The molecule has 0 saturated carbocycles. The highest BCUT2D eigenvalue weighted by Gasteiger charge is 2.18. The van der Waals surface area contributed by atoms with Gasteiger partial charge >= 0.3 is 5.97 Å². The van der Waals surface area contributed by atoms with Crippen molar-refractivity contribution in [2.24, 2.45) is 0 Å². The van der Waals surface area contributed by atoms with E-state index in [2.05, 4.69) is 15.9 Å². The summed E-state index contributed by atoms with van der Waals surface area (Å²) in [4.78, 5) is 11.7. The van der Waals surface area contributed by atoms with E-state index in [0.29, 0.717) is 12.2 Å². The number of rotatable bonds is 3. The van der Waals surface area contributed by atoms with Crippen molar-refractivity contribution in [1.82, 2.24) is 0 Å². The average Bonchev–Trinajstić information content (AvgIpc) is 2.35. The Kier molecular flexibility index (Phi) is 3.84. The maximum atomic E-state index is 11.7. The highest BCUT2D eigenvalue weighted by Crippen LogP contribution is 2.29. The number of halogens is 1. The van der Waals surface area contributed by atoms with E-state index < -0.39 is 0 Å². The highest BCUT2D eigenvalue weighted by molar-refractivity contribution is 9.10. The van der Waals surface area contributed by atoms with Gasteiger partial charge < -0.3 is 9.47 Å². The van der Waals surface area contributed by atoms with Gasteiger partial charge in [0.2, 0.25) is 0 Å². The van der Waals surface area contributed by atoms with E-state index in [0.717, 1.165) is 22.2 Å². The third kappa shape index (κ3) is 2.88. The second kappa shape index (κ2) is 5.36. The number of carbonyl (C=O) groups excluding carboxylic acids is 1. The molecule has 1 aromatic rings. The smallest absolute Gasteiger partial charge is 0.337 e. The van der Waals surface area contributed by atoms with Crippen LogP contribution in [0.3, 0.4) is 0 Å². The molecular formula is C13H13BrO3. The molecule has 0 amide bonds. The first-order chi connectivity index (χ1) is 8.20. The average molecular weight is 297 g/mol. The van der Waals surface area contributed by atoms with Gasteiger partial charge in [-0.3, -0.25) is 0 Å². The summed E-state index contributed by atoms with van der Waals surface area (Å²) in [6, 6.07) is 5.71. The topological polar surface area (TPSA) is 35.5 Å². The minimum Gasteiger partial charge on any atom is -0.488 e. The molecule has 17 heavy (non-hydrogen) atoms. The summed E-state index contributed by atoms with van der Waals surface area (Å²) in [5, 5.41) is 0. The van der Waals surface area contributed by atoms with E-state index in [4.69, 9.17) is 9.47 Å². The molecule has 0 fully saturated rings. The van der Waals surface area contributed by atoms with Crippen LogP contribution in [-0.2, 0) is 9.53 Å². The molecule has 4 heteroatoms. The molecule has 1 aliphatic heterocycles. The zero-order valence-corrected chi connectivity index (χ0v) is 11.1. The van der Waals surface area contributed by atoms with Gasteiger partial charge in [-0.05, 0) is 30.7 Å². The maximum absolute atomic E-state index is 11.7. The van der Waals surface area contributed by atoms with Crippen LogP contribution in [0.2, 0.25) is 0 Å². The third-order valence-electron chi connectivity index (χ3n) is 2.38. The van der Waals surface area contributed by atoms with Crippen LogP contribution >= 0.6 is 15.9 Å². The Balaban J connectivity index is 2.19. The molecule has 0 bridgehead atoms. The molecule has 1 heterocycles. The molecule has 0 saturated heterocycles. The van der Waals surface area contributed by atoms with Crippen LogP contribution < -0.4 is 4.74 Å². The Morgan fingerprint density at radius 1 is 1.53 bits per heavy atom. The van der Waals surface area contributed by atoms with Crippen molar-refractivity contribution in [2.75, 3.05) is 13.2 Å². The summed E-state index contributed by atoms with van der Waals surface area (Å²) in [5.41, 5.74) is 1.46. The normalized spacial score (nSPS) is 13.4. The second-order valence-electron chi connectivity index (χ2n) is 3.78. The molecule has 3 nitrogen and oxygen atoms in total. The summed E-state index contributed by atoms with van der Waals surface area (Å²) < 4.78 is 11.5. The van der Waals surface area contributed by atoms with Gasteiger partial charge in [-0.2, -0.15) is 0 Å². The number of hydrogen-bond acceptors (Lipinski definition) is 3. The lowest BCUT2D eigenvalue weighted by Crippen LogP contribution is -2.17. The Morgan fingerprint density at radius 3 is 3.12 bits per heavy atom. The lowest BCUT2D eigenvalue weighted by atomic mass is 10.1. The monoisotopic (exact) mass is 296 g/mol. The van der Waals surface area contributed by atoms with Gasteiger partial charge in [-0.15, -0.1) is 0 Å². The quantitative estimate of drug-likeness (QED) is 0.804. The van der Waals surface area contributed by atoms with Crippen LogP contribution in [0.4, 0.5) is 0 Å². The standard InChI is InChI=1S/C13H13BrO3/c1-2-5-16-13(15)10-6-9-7-11(14)3-4-12(9)17-8-10/h3-4,6-7H,2,5,8H2,1H3. The molecule has 2 rings (SSSR count). The van der Waals surface area contributed by atoms with Gasteiger partial charge in [0.15, 0.2) is 0 Å². The predicted octanol–water partition coefficient (Wildman–Crippen LogP) is 3.18. The van der Waals surface area contributed by atoms with E-state index in [9.17, 15) is 4.79 Å². The fourth-order valence-corrected chi connectivity index (χ4v) is 1.93. The first-order valence-corrected chi connectivity index (χ1v) is 6.30. The third-order valence-corrected chi connectivity index (χ3v) is 2.88. The summed E-state index contributed by atoms with van der Waals surface area (Å²) in [6.07, 6.45) is 2.64. The lowest BCUT2D eigenvalue weighted by molar-refractivity contribution is -0.139. The van der Waals surface area contributed by atoms with E-state index >= 15 is 0 Å². The minimum absolute atomic E-state index is 0.275. The van der Waals surface area contributed by atoms with Gasteiger partial charge in [-0.1, -0.05) is 22.9 Å². The van der Waals surface area contributed by atoms with E-state index in [1.807, 2.05) is 31.2 Å². The molecule has 0 atom stereocenters. The number of fused-ring (bicyclic) bond motifs is 1. The molecule has 0 unspecified atom stereocenters. The first-order valence-electron chi connectivity index (χ1n) is 5.50. The summed E-state index contributed by atoms with van der Waals surface area (Å²) in [5.74, 6) is 0.498. The highest BCUT2D eigenvalue weighted by atomic mass is 79.9. The SMILES string of the molecule is CCCOC(=O)C1=Cc2cc(Br)ccc2OC1. The molecule has 0 spiro atoms. The Morgan fingerprint density at radius 2 is 2.35 bits per heavy atom. The number of esters is 1. The minimum atomic E-state index is -0.294. The van der Waals surface area contributed by atoms with Crippen LogP contribution in [0.25, 0.3) is 6.08 Å². The predicted molar refractivity (Wildman–Crippen MR) is 68.9 cm³/mol. The van der Waals surface area contributed by atoms with Crippen LogP contribution in [0.1, 0.15) is 18.9 Å². The Hall–Kier alpha value is -1.29. The molecule has 0 radical (unpaired) electrons. The zero-order valence-electron chi connectivity index (χ0n) is 9.53. The molecule has 1 aromatic carbocycles. The van der Waals surface area contributed by atoms with E-state index in [1.165, 1.54) is 0 Å². The van der Waals surface area contributed by atoms with Gasteiger partial charge in [0.1, 0.15) is 12.4 Å². The lowest BCUT2D eigenvalue weighted by Gasteiger charge is -2.17. The van der Waals surface area contributed by atoms with Gasteiger partial charge in [0.25, 0.3) is 0 Å². The van der Waals surface area contributed by atoms with Crippen molar-refractivity contribution in [2.45, 2.75) is 13.3 Å². The Labute approximate surface area is 109 Å². The van der Waals surface area contributed by atoms with Crippen molar-refractivity contribution < 1.29 is 14.3 Å². The molecular weight excluding hydrogens is 284 g/mol. The molecule has 0 N–H and O–H groups in total. The second-order valence-corrected chi connectivity index (χ2v) is 4.69. The Bertz CT molecular complexity index is 466. The summed E-state index contributed by atoms with van der Waals surface area (Å²) >= 11 is 3.39. The fourth-order valence-electron chi connectivity index (χ4n) is 1.55. The van der Waals surface area contributed by atoms with Gasteiger partial charge in [0.05, 0.1) is 12.2 Å². The molecule has 90 valence electrons. The zero-order chi connectivity index (χ0) is 12.3. The van der Waals surface area contributed by atoms with Gasteiger partial charge in [0, 0.05) is 10.0 Å². The van der Waals surface area contributed by atoms with Gasteiger partial charge in [-0.25, -0.2) is 4.79 Å². The molecule has 0 aliphatic carbocycles. The van der Waals surface area contributed by atoms with E-state index in [1.54, 1.807) is 0 Å². The van der Waals surface area contributed by atoms with Crippen LogP contribution in [0, 0.1) is 0 Å². The first kappa shape index (κ1) is 12.2. The number of carbonyl (C=O) groups is 1. The number of benzene rings is 1. The molecule has 0 aromatic heterocycles.